The highest BCUT2D eigenvalue weighted by molar-refractivity contribution is 5.49. The van der Waals surface area contributed by atoms with Crippen LogP contribution in [0, 0.1) is 11.3 Å². The largest absolute Gasteiger partial charge is 0.433 e. The van der Waals surface area contributed by atoms with Gasteiger partial charge in [0.1, 0.15) is 5.69 Å². The molecular formula is C20H22F3N3O. The first-order valence-corrected chi connectivity index (χ1v) is 9.20. The Morgan fingerprint density at radius 2 is 2.00 bits per heavy atom. The van der Waals surface area contributed by atoms with E-state index in [1.807, 2.05) is 19.2 Å². The van der Waals surface area contributed by atoms with Crippen LogP contribution in [0.3, 0.4) is 0 Å². The zero-order chi connectivity index (χ0) is 19.1. The van der Waals surface area contributed by atoms with Gasteiger partial charge >= 0.3 is 6.18 Å². The Hall–Kier alpha value is -2.15. The number of anilines is 1. The first kappa shape index (κ1) is 18.2. The maximum atomic E-state index is 12.6. The molecular weight excluding hydrogens is 355 g/mol. The molecule has 1 aliphatic carbocycles. The molecule has 2 aromatic rings. The molecule has 2 fully saturated rings. The van der Waals surface area contributed by atoms with E-state index < -0.39 is 11.9 Å². The topological polar surface area (TPSA) is 38.2 Å². The molecule has 4 rings (SSSR count). The molecule has 27 heavy (non-hydrogen) atoms. The summed E-state index contributed by atoms with van der Waals surface area (Å²) in [5, 5.41) is 0. The maximum absolute atomic E-state index is 12.6. The van der Waals surface area contributed by atoms with Crippen molar-refractivity contribution in [1.29, 1.82) is 0 Å². The molecule has 1 aliphatic heterocycles. The van der Waals surface area contributed by atoms with Gasteiger partial charge in [-0.05, 0) is 49.4 Å². The Balaban J connectivity index is 1.35. The first-order valence-electron chi connectivity index (χ1n) is 9.20. The molecule has 1 unspecified atom stereocenters. The fourth-order valence-corrected chi connectivity index (χ4v) is 4.44. The van der Waals surface area contributed by atoms with Crippen LogP contribution in [0.25, 0.3) is 0 Å². The molecule has 0 amide bonds. The highest BCUT2D eigenvalue weighted by Gasteiger charge is 2.54. The van der Waals surface area contributed by atoms with Crippen molar-refractivity contribution in [3.05, 3.63) is 54.1 Å². The van der Waals surface area contributed by atoms with Crippen molar-refractivity contribution in [2.45, 2.75) is 32.0 Å². The molecule has 3 heterocycles. The van der Waals surface area contributed by atoms with Gasteiger partial charge in [0, 0.05) is 37.5 Å². The maximum Gasteiger partial charge on any atom is 0.433 e. The average Bonchev–Trinajstić information content (AvgIpc) is 2.59. The van der Waals surface area contributed by atoms with Gasteiger partial charge in [0.2, 0.25) is 0 Å². The summed E-state index contributed by atoms with van der Waals surface area (Å²) < 4.78 is 43.9. The van der Waals surface area contributed by atoms with Crippen molar-refractivity contribution in [3.63, 3.8) is 0 Å². The van der Waals surface area contributed by atoms with Crippen LogP contribution in [-0.4, -0.2) is 29.7 Å². The van der Waals surface area contributed by atoms with E-state index in [-0.39, 0.29) is 11.5 Å². The van der Waals surface area contributed by atoms with E-state index in [9.17, 15) is 13.2 Å². The van der Waals surface area contributed by atoms with Crippen molar-refractivity contribution in [3.8, 4) is 0 Å². The lowest BCUT2D eigenvalue weighted by molar-refractivity contribution is -0.141. The van der Waals surface area contributed by atoms with Crippen LogP contribution in [0.1, 0.15) is 37.1 Å². The molecule has 7 heteroatoms. The average molecular weight is 377 g/mol. The van der Waals surface area contributed by atoms with Crippen LogP contribution < -0.4 is 4.90 Å². The second-order valence-corrected chi connectivity index (χ2v) is 7.59. The summed E-state index contributed by atoms with van der Waals surface area (Å²) in [5.41, 5.74) is 1.28. The fourth-order valence-electron chi connectivity index (χ4n) is 4.44. The van der Waals surface area contributed by atoms with Gasteiger partial charge in [-0.3, -0.25) is 4.98 Å². The number of hydrogen-bond donors (Lipinski definition) is 0. The monoisotopic (exact) mass is 377 g/mol. The van der Waals surface area contributed by atoms with Crippen LogP contribution in [0.5, 0.6) is 0 Å². The van der Waals surface area contributed by atoms with Gasteiger partial charge in [-0.1, -0.05) is 6.07 Å². The second kappa shape index (κ2) is 6.78. The quantitative estimate of drug-likeness (QED) is 0.770. The van der Waals surface area contributed by atoms with Gasteiger partial charge in [-0.2, -0.15) is 13.2 Å². The highest BCUT2D eigenvalue weighted by Crippen LogP contribution is 2.57. The lowest BCUT2D eigenvalue weighted by Crippen LogP contribution is -2.63. The third-order valence-electron chi connectivity index (χ3n) is 5.63. The summed E-state index contributed by atoms with van der Waals surface area (Å²) in [6.45, 7) is 4.39. The minimum atomic E-state index is -4.39. The number of hydrogen-bond acceptors (Lipinski definition) is 4. The van der Waals surface area contributed by atoms with Gasteiger partial charge in [0.15, 0.2) is 0 Å². The van der Waals surface area contributed by atoms with E-state index in [0.29, 0.717) is 12.5 Å². The Morgan fingerprint density at radius 1 is 1.22 bits per heavy atom. The smallest absolute Gasteiger partial charge is 0.373 e. The van der Waals surface area contributed by atoms with E-state index in [1.165, 1.54) is 12.3 Å². The predicted octanol–water partition coefficient (Wildman–Crippen LogP) is 4.49. The third kappa shape index (κ3) is 3.52. The lowest BCUT2D eigenvalue weighted by atomic mass is 9.55. The van der Waals surface area contributed by atoms with Crippen LogP contribution in [0.4, 0.5) is 18.9 Å². The van der Waals surface area contributed by atoms with Gasteiger partial charge in [0.25, 0.3) is 0 Å². The molecule has 1 atom stereocenters. The summed E-state index contributed by atoms with van der Waals surface area (Å²) in [6.07, 6.45) is 2.76. The normalized spacial score (nSPS) is 20.2. The third-order valence-corrected chi connectivity index (χ3v) is 5.63. The molecule has 1 saturated carbocycles. The number of alkyl halides is 3. The Kier molecular flexibility index (Phi) is 4.58. The molecule has 1 spiro atoms. The summed E-state index contributed by atoms with van der Waals surface area (Å²) in [6, 6.07) is 6.55. The Morgan fingerprint density at radius 3 is 2.56 bits per heavy atom. The molecule has 0 radical (unpaired) electrons. The molecule has 1 saturated heterocycles. The minimum absolute atomic E-state index is 0.0658. The van der Waals surface area contributed by atoms with E-state index in [0.717, 1.165) is 43.2 Å². The second-order valence-electron chi connectivity index (χ2n) is 7.59. The molecule has 0 bridgehead atoms. The Bertz CT molecular complexity index is 765. The molecule has 144 valence electrons. The van der Waals surface area contributed by atoms with Crippen molar-refractivity contribution in [2.24, 2.45) is 11.3 Å². The van der Waals surface area contributed by atoms with Crippen LogP contribution >= 0.6 is 0 Å². The van der Waals surface area contributed by atoms with Crippen LogP contribution in [0.2, 0.25) is 0 Å². The van der Waals surface area contributed by atoms with E-state index in [1.54, 1.807) is 6.20 Å². The molecule has 2 aromatic heterocycles. The standard InChI is InChI=1S/C20H22F3N3O/c1-2-27-18(14-4-3-7-24-10-14)15-8-19(9-15)12-26(13-19)16-5-6-17(25-11-16)20(21,22)23/h3-7,10-11,15,18H,2,8-9,12-13H2,1H3. The first-order chi connectivity index (χ1) is 12.9. The van der Waals surface area contributed by atoms with Crippen LogP contribution in [0.15, 0.2) is 42.9 Å². The zero-order valence-corrected chi connectivity index (χ0v) is 15.1. The number of ether oxygens (including phenoxy) is 1. The summed E-state index contributed by atoms with van der Waals surface area (Å²) in [4.78, 5) is 9.86. The van der Waals surface area contributed by atoms with Crippen LogP contribution in [-0.2, 0) is 10.9 Å². The molecule has 4 nitrogen and oxygen atoms in total. The van der Waals surface area contributed by atoms with Crippen molar-refractivity contribution in [2.75, 3.05) is 24.6 Å². The lowest BCUT2D eigenvalue weighted by Gasteiger charge is -2.61. The summed E-state index contributed by atoms with van der Waals surface area (Å²) in [7, 11) is 0. The number of aromatic nitrogens is 2. The summed E-state index contributed by atoms with van der Waals surface area (Å²) >= 11 is 0. The number of rotatable bonds is 5. The molecule has 0 N–H and O–H groups in total. The minimum Gasteiger partial charge on any atom is -0.373 e. The summed E-state index contributed by atoms with van der Waals surface area (Å²) in [5.74, 6) is 0.460. The van der Waals surface area contributed by atoms with Crippen molar-refractivity contribution >= 4 is 5.69 Å². The van der Waals surface area contributed by atoms with Gasteiger partial charge in [0.05, 0.1) is 18.0 Å². The van der Waals surface area contributed by atoms with Crippen molar-refractivity contribution in [1.82, 2.24) is 9.97 Å². The van der Waals surface area contributed by atoms with E-state index in [4.69, 9.17) is 4.74 Å². The van der Waals surface area contributed by atoms with Gasteiger partial charge in [-0.15, -0.1) is 0 Å². The number of nitrogens with zero attached hydrogens (tertiary/aromatic N) is 3. The number of halogens is 3. The molecule has 0 aromatic carbocycles. The fraction of sp³-hybridized carbons (Fsp3) is 0.500. The predicted molar refractivity (Wildman–Crippen MR) is 95.2 cm³/mol. The van der Waals surface area contributed by atoms with Gasteiger partial charge < -0.3 is 9.64 Å². The van der Waals surface area contributed by atoms with Crippen molar-refractivity contribution < 1.29 is 17.9 Å². The zero-order valence-electron chi connectivity index (χ0n) is 15.1. The van der Waals surface area contributed by atoms with E-state index in [2.05, 4.69) is 20.9 Å². The Labute approximate surface area is 156 Å². The molecule has 2 aliphatic rings. The SMILES string of the molecule is CCOC(c1cccnc1)C1CC2(C1)CN(c1ccc(C(F)(F)F)nc1)C2. The van der Waals surface area contributed by atoms with Gasteiger partial charge in [-0.25, -0.2) is 4.98 Å². The highest BCUT2D eigenvalue weighted by atomic mass is 19.4. The number of pyridine rings is 2. The van der Waals surface area contributed by atoms with E-state index >= 15 is 0 Å².